The second-order valence-corrected chi connectivity index (χ2v) is 4.35. The zero-order valence-electron chi connectivity index (χ0n) is 10.6. The van der Waals surface area contributed by atoms with Gasteiger partial charge in [0.05, 0.1) is 0 Å². The molecule has 0 spiro atoms. The van der Waals surface area contributed by atoms with Crippen LogP contribution < -0.4 is 11.1 Å². The van der Waals surface area contributed by atoms with E-state index in [4.69, 9.17) is 5.73 Å². The van der Waals surface area contributed by atoms with E-state index in [1.165, 1.54) is 16.7 Å². The number of hydrogen-bond acceptors (Lipinski definition) is 2. The van der Waals surface area contributed by atoms with Gasteiger partial charge in [-0.1, -0.05) is 54.6 Å². The molecule has 18 heavy (non-hydrogen) atoms. The third-order valence-electron chi connectivity index (χ3n) is 2.97. The molecule has 0 unspecified atom stereocenters. The molecule has 0 saturated carbocycles. The molecule has 2 aromatic carbocycles. The topological polar surface area (TPSA) is 38.0 Å². The molecule has 0 atom stereocenters. The molecule has 0 aromatic heterocycles. The molecule has 0 fully saturated rings. The molecule has 0 amide bonds. The average molecular weight is 240 g/mol. The van der Waals surface area contributed by atoms with Crippen molar-refractivity contribution in [1.29, 1.82) is 0 Å². The summed E-state index contributed by atoms with van der Waals surface area (Å²) in [7, 11) is 0. The SMILES string of the molecule is NCCNCCc1ccc(-c2ccccc2)cc1. The van der Waals surface area contributed by atoms with Gasteiger partial charge in [-0.2, -0.15) is 0 Å². The highest BCUT2D eigenvalue weighted by Crippen LogP contribution is 2.19. The third-order valence-corrected chi connectivity index (χ3v) is 2.97. The fourth-order valence-electron chi connectivity index (χ4n) is 1.95. The largest absolute Gasteiger partial charge is 0.329 e. The van der Waals surface area contributed by atoms with Gasteiger partial charge in [-0.25, -0.2) is 0 Å². The van der Waals surface area contributed by atoms with Crippen molar-refractivity contribution >= 4 is 0 Å². The summed E-state index contributed by atoms with van der Waals surface area (Å²) in [5.41, 5.74) is 9.33. The van der Waals surface area contributed by atoms with E-state index < -0.39 is 0 Å². The lowest BCUT2D eigenvalue weighted by atomic mass is 10.0. The molecule has 2 aromatic rings. The minimum atomic E-state index is 0.701. The van der Waals surface area contributed by atoms with Crippen molar-refractivity contribution in [3.8, 4) is 11.1 Å². The summed E-state index contributed by atoms with van der Waals surface area (Å²) < 4.78 is 0. The molecule has 0 saturated heterocycles. The minimum Gasteiger partial charge on any atom is -0.329 e. The minimum absolute atomic E-state index is 0.701. The summed E-state index contributed by atoms with van der Waals surface area (Å²) in [6, 6.07) is 19.2. The summed E-state index contributed by atoms with van der Waals surface area (Å²) >= 11 is 0. The predicted molar refractivity (Wildman–Crippen MR) is 77.5 cm³/mol. The van der Waals surface area contributed by atoms with Gasteiger partial charge in [-0.15, -0.1) is 0 Å². The van der Waals surface area contributed by atoms with Crippen molar-refractivity contribution in [2.75, 3.05) is 19.6 Å². The van der Waals surface area contributed by atoms with Crippen LogP contribution in [0.4, 0.5) is 0 Å². The van der Waals surface area contributed by atoms with Gasteiger partial charge >= 0.3 is 0 Å². The number of benzene rings is 2. The first-order valence-corrected chi connectivity index (χ1v) is 6.45. The summed E-state index contributed by atoms with van der Waals surface area (Å²) in [6.07, 6.45) is 1.05. The van der Waals surface area contributed by atoms with Crippen molar-refractivity contribution in [3.05, 3.63) is 60.2 Å². The van der Waals surface area contributed by atoms with Crippen molar-refractivity contribution < 1.29 is 0 Å². The van der Waals surface area contributed by atoms with E-state index in [2.05, 4.69) is 53.8 Å². The van der Waals surface area contributed by atoms with Crippen molar-refractivity contribution in [2.45, 2.75) is 6.42 Å². The Morgan fingerprint density at radius 2 is 1.44 bits per heavy atom. The molecule has 3 N–H and O–H groups in total. The zero-order valence-corrected chi connectivity index (χ0v) is 10.6. The highest BCUT2D eigenvalue weighted by molar-refractivity contribution is 5.63. The first-order chi connectivity index (χ1) is 8.90. The molecule has 94 valence electrons. The van der Waals surface area contributed by atoms with Gasteiger partial charge in [-0.05, 0) is 29.7 Å². The van der Waals surface area contributed by atoms with Gasteiger partial charge in [0.2, 0.25) is 0 Å². The second kappa shape index (κ2) is 6.94. The molecule has 0 aliphatic carbocycles. The van der Waals surface area contributed by atoms with Crippen LogP contribution in [0.2, 0.25) is 0 Å². The van der Waals surface area contributed by atoms with Gasteiger partial charge < -0.3 is 11.1 Å². The van der Waals surface area contributed by atoms with E-state index in [-0.39, 0.29) is 0 Å². The molecule has 0 radical (unpaired) electrons. The lowest BCUT2D eigenvalue weighted by molar-refractivity contribution is 0.689. The Balaban J connectivity index is 1.94. The van der Waals surface area contributed by atoms with E-state index in [0.717, 1.165) is 19.5 Å². The van der Waals surface area contributed by atoms with Crippen molar-refractivity contribution in [2.24, 2.45) is 5.73 Å². The van der Waals surface area contributed by atoms with Crippen LogP contribution in [0, 0.1) is 0 Å². The maximum atomic E-state index is 5.43. The summed E-state index contributed by atoms with van der Waals surface area (Å²) in [5.74, 6) is 0. The van der Waals surface area contributed by atoms with Crippen molar-refractivity contribution in [1.82, 2.24) is 5.32 Å². The second-order valence-electron chi connectivity index (χ2n) is 4.35. The summed E-state index contributed by atoms with van der Waals surface area (Å²) in [4.78, 5) is 0. The van der Waals surface area contributed by atoms with Crippen LogP contribution in [-0.2, 0) is 6.42 Å². The fourth-order valence-corrected chi connectivity index (χ4v) is 1.95. The van der Waals surface area contributed by atoms with Crippen LogP contribution in [-0.4, -0.2) is 19.6 Å². The Labute approximate surface area is 109 Å². The molecular formula is C16H20N2. The van der Waals surface area contributed by atoms with E-state index in [9.17, 15) is 0 Å². The normalized spacial score (nSPS) is 10.5. The molecule has 0 heterocycles. The Bertz CT molecular complexity index is 448. The Kier molecular flexibility index (Phi) is 4.94. The van der Waals surface area contributed by atoms with Crippen LogP contribution >= 0.6 is 0 Å². The maximum absolute atomic E-state index is 5.43. The van der Waals surface area contributed by atoms with Gasteiger partial charge in [-0.3, -0.25) is 0 Å². The molecule has 0 bridgehead atoms. The lowest BCUT2D eigenvalue weighted by Crippen LogP contribution is -2.24. The van der Waals surface area contributed by atoms with Crippen LogP contribution in [0.15, 0.2) is 54.6 Å². The van der Waals surface area contributed by atoms with Gasteiger partial charge in [0.1, 0.15) is 0 Å². The summed E-state index contributed by atoms with van der Waals surface area (Å²) in [6.45, 7) is 2.58. The molecule has 2 nitrogen and oxygen atoms in total. The molecular weight excluding hydrogens is 220 g/mol. The van der Waals surface area contributed by atoms with E-state index in [1.54, 1.807) is 0 Å². The van der Waals surface area contributed by atoms with Crippen LogP contribution in [0.3, 0.4) is 0 Å². The van der Waals surface area contributed by atoms with Gasteiger partial charge in [0, 0.05) is 13.1 Å². The molecule has 0 aliphatic heterocycles. The van der Waals surface area contributed by atoms with Crippen LogP contribution in [0.5, 0.6) is 0 Å². The highest BCUT2D eigenvalue weighted by Gasteiger charge is 1.97. The number of nitrogens with one attached hydrogen (secondary N) is 1. The van der Waals surface area contributed by atoms with E-state index >= 15 is 0 Å². The molecule has 0 aliphatic rings. The number of hydrogen-bond donors (Lipinski definition) is 2. The Hall–Kier alpha value is -1.64. The quantitative estimate of drug-likeness (QED) is 0.761. The van der Waals surface area contributed by atoms with Gasteiger partial charge in [0.25, 0.3) is 0 Å². The number of nitrogens with two attached hydrogens (primary N) is 1. The standard InChI is InChI=1S/C16H20N2/c17-11-13-18-12-10-14-6-8-16(9-7-14)15-4-2-1-3-5-15/h1-9,18H,10-13,17H2. The molecule has 2 heteroatoms. The third kappa shape index (κ3) is 3.69. The van der Waals surface area contributed by atoms with E-state index in [0.29, 0.717) is 6.54 Å². The smallest absolute Gasteiger partial charge is 0.00746 e. The average Bonchev–Trinajstić information content (AvgIpc) is 2.45. The van der Waals surface area contributed by atoms with E-state index in [1.807, 2.05) is 6.07 Å². The fraction of sp³-hybridized carbons (Fsp3) is 0.250. The lowest BCUT2D eigenvalue weighted by Gasteiger charge is -2.05. The van der Waals surface area contributed by atoms with Crippen LogP contribution in [0.1, 0.15) is 5.56 Å². The highest BCUT2D eigenvalue weighted by atomic mass is 14.9. The summed E-state index contributed by atoms with van der Waals surface area (Å²) in [5, 5.41) is 3.30. The first-order valence-electron chi connectivity index (χ1n) is 6.45. The van der Waals surface area contributed by atoms with Crippen LogP contribution in [0.25, 0.3) is 11.1 Å². The Morgan fingerprint density at radius 1 is 0.778 bits per heavy atom. The monoisotopic (exact) mass is 240 g/mol. The van der Waals surface area contributed by atoms with Crippen molar-refractivity contribution in [3.63, 3.8) is 0 Å². The predicted octanol–water partition coefficient (Wildman–Crippen LogP) is 2.44. The maximum Gasteiger partial charge on any atom is 0.00746 e. The first kappa shape index (κ1) is 12.8. The number of rotatable bonds is 6. The zero-order chi connectivity index (χ0) is 12.6. The van der Waals surface area contributed by atoms with Gasteiger partial charge in [0.15, 0.2) is 0 Å². The Morgan fingerprint density at radius 3 is 2.11 bits per heavy atom. The molecule has 2 rings (SSSR count).